The average Bonchev–Trinajstić information content (AvgIpc) is 2.96. The second kappa shape index (κ2) is 16.1. The molecule has 0 radical (unpaired) electrons. The van der Waals surface area contributed by atoms with Gasteiger partial charge in [0.1, 0.15) is 18.2 Å². The van der Waals surface area contributed by atoms with E-state index in [-0.39, 0.29) is 17.6 Å². The van der Waals surface area contributed by atoms with Crippen molar-refractivity contribution in [3.63, 3.8) is 0 Å². The van der Waals surface area contributed by atoms with Gasteiger partial charge in [-0.2, -0.15) is 0 Å². The van der Waals surface area contributed by atoms with Crippen LogP contribution in [0.15, 0.2) is 84.0 Å². The molecule has 0 atom stereocenters. The molecule has 0 bridgehead atoms. The smallest absolute Gasteiger partial charge is 0.414 e. The first-order chi connectivity index (χ1) is 19.3. The fraction of sp³-hybridized carbons (Fsp3) is 0.323. The molecule has 1 heterocycles. The van der Waals surface area contributed by atoms with E-state index in [1.165, 1.54) is 29.8 Å². The Labute approximate surface area is 232 Å². The Morgan fingerprint density at radius 1 is 0.825 bits per heavy atom. The number of carbonyl (C=O) groups is 2. The number of carboxylic acid groups (broad SMARTS) is 2. The minimum Gasteiger partial charge on any atom is -0.473 e. The Hall–Kier alpha value is -4.11. The van der Waals surface area contributed by atoms with Crippen LogP contribution in [0.5, 0.6) is 0 Å². The van der Waals surface area contributed by atoms with Gasteiger partial charge in [0.25, 0.3) is 0 Å². The number of rotatable bonds is 10. The lowest BCUT2D eigenvalue weighted by Gasteiger charge is -2.28. The van der Waals surface area contributed by atoms with Crippen LogP contribution >= 0.6 is 0 Å². The Bertz CT molecular complexity index is 1170. The lowest BCUT2D eigenvalue weighted by Crippen LogP contribution is -2.34. The fourth-order valence-electron chi connectivity index (χ4n) is 4.51. The number of halogens is 2. The van der Waals surface area contributed by atoms with Crippen molar-refractivity contribution in [2.75, 3.05) is 26.2 Å². The summed E-state index contributed by atoms with van der Waals surface area (Å²) in [5.74, 6) is -4.00. The third-order valence-corrected chi connectivity index (χ3v) is 6.65. The molecule has 0 saturated carbocycles. The maximum atomic E-state index is 13.4. The molecule has 212 valence electrons. The quantitative estimate of drug-likeness (QED) is 0.189. The highest BCUT2D eigenvalue weighted by atomic mass is 19.1. The Kier molecular flexibility index (Phi) is 12.2. The highest BCUT2D eigenvalue weighted by Crippen LogP contribution is 2.30. The summed E-state index contributed by atoms with van der Waals surface area (Å²) in [4.78, 5) is 26.2. The summed E-state index contributed by atoms with van der Waals surface area (Å²) in [6.07, 6.45) is 4.68. The zero-order valence-electron chi connectivity index (χ0n) is 22.2. The van der Waals surface area contributed by atoms with Crippen LogP contribution < -0.4 is 0 Å². The molecular weight excluding hydrogens is 518 g/mol. The second-order valence-electron chi connectivity index (χ2n) is 9.48. The summed E-state index contributed by atoms with van der Waals surface area (Å²) in [7, 11) is 0. The number of aliphatic carboxylic acids is 2. The molecule has 1 aliphatic rings. The largest absolute Gasteiger partial charge is 0.473 e. The molecule has 1 saturated heterocycles. The normalized spacial score (nSPS) is 13.3. The average molecular weight is 553 g/mol. The molecule has 1 fully saturated rings. The lowest BCUT2D eigenvalue weighted by molar-refractivity contribution is -0.159. The first-order valence-corrected chi connectivity index (χ1v) is 13.2. The number of oxime groups is 1. The van der Waals surface area contributed by atoms with Crippen LogP contribution in [0.2, 0.25) is 0 Å². The molecule has 4 rings (SSSR count). The topological polar surface area (TPSA) is 99.4 Å². The van der Waals surface area contributed by atoms with E-state index in [4.69, 9.17) is 24.6 Å². The number of likely N-dealkylation sites (tertiary alicyclic amines) is 1. The summed E-state index contributed by atoms with van der Waals surface area (Å²) in [5.41, 5.74) is 4.53. The summed E-state index contributed by atoms with van der Waals surface area (Å²) in [6, 6.07) is 23.7. The molecule has 0 spiro atoms. The zero-order valence-corrected chi connectivity index (χ0v) is 22.2. The minimum absolute atomic E-state index is 0.126. The molecule has 0 aliphatic carbocycles. The number of nitrogens with zero attached hydrogens (tertiary/aromatic N) is 2. The zero-order chi connectivity index (χ0) is 28.7. The minimum atomic E-state index is -1.82. The van der Waals surface area contributed by atoms with Crippen molar-refractivity contribution in [2.24, 2.45) is 5.16 Å². The first-order valence-electron chi connectivity index (χ1n) is 13.2. The fourth-order valence-corrected chi connectivity index (χ4v) is 4.51. The predicted molar refractivity (Wildman–Crippen MR) is 148 cm³/mol. The molecule has 3 aromatic carbocycles. The number of hydrogen-bond donors (Lipinski definition) is 2. The lowest BCUT2D eigenvalue weighted by atomic mass is 9.87. The van der Waals surface area contributed by atoms with Crippen LogP contribution in [0.25, 0.3) is 0 Å². The van der Waals surface area contributed by atoms with E-state index in [1.807, 2.05) is 42.5 Å². The van der Waals surface area contributed by atoms with Crippen molar-refractivity contribution in [1.82, 2.24) is 4.90 Å². The molecule has 0 aromatic heterocycles. The number of hydrogen-bond acceptors (Lipinski definition) is 5. The van der Waals surface area contributed by atoms with Crippen molar-refractivity contribution in [3.8, 4) is 0 Å². The van der Waals surface area contributed by atoms with E-state index in [9.17, 15) is 8.78 Å². The van der Waals surface area contributed by atoms with E-state index in [0.717, 1.165) is 68.6 Å². The van der Waals surface area contributed by atoms with E-state index < -0.39 is 11.9 Å². The highest BCUT2D eigenvalue weighted by molar-refractivity contribution is 6.27. The summed E-state index contributed by atoms with van der Waals surface area (Å²) in [5, 5.41) is 19.1. The van der Waals surface area contributed by atoms with Crippen molar-refractivity contribution in [2.45, 2.75) is 38.0 Å². The first kappa shape index (κ1) is 30.4. The van der Waals surface area contributed by atoms with Crippen LogP contribution in [0, 0.1) is 11.6 Å². The van der Waals surface area contributed by atoms with Gasteiger partial charge < -0.3 is 20.0 Å². The third-order valence-electron chi connectivity index (χ3n) is 6.65. The Morgan fingerprint density at radius 3 is 1.85 bits per heavy atom. The predicted octanol–water partition coefficient (Wildman–Crippen LogP) is 5.74. The maximum absolute atomic E-state index is 13.4. The van der Waals surface area contributed by atoms with Gasteiger partial charge >= 0.3 is 11.9 Å². The van der Waals surface area contributed by atoms with E-state index >= 15 is 0 Å². The number of piperidine rings is 1. The molecule has 9 heteroatoms. The van der Waals surface area contributed by atoms with Crippen LogP contribution in [0.4, 0.5) is 8.78 Å². The van der Waals surface area contributed by atoms with Gasteiger partial charge in [0.15, 0.2) is 0 Å². The number of carboxylic acids is 2. The molecule has 7 nitrogen and oxygen atoms in total. The SMILES string of the molecule is Fc1ccc(C(CCCN2CCC(=NOCCc3ccccc3)CC2)c2ccc(F)cc2)cc1.O=C(O)C(=O)O. The van der Waals surface area contributed by atoms with Gasteiger partial charge in [-0.25, -0.2) is 18.4 Å². The van der Waals surface area contributed by atoms with Gasteiger partial charge in [-0.05, 0) is 60.3 Å². The molecular formula is C31H34F2N2O5. The van der Waals surface area contributed by atoms with Crippen molar-refractivity contribution < 1.29 is 33.4 Å². The van der Waals surface area contributed by atoms with Crippen LogP contribution in [0.1, 0.15) is 48.3 Å². The third kappa shape index (κ3) is 10.6. The van der Waals surface area contributed by atoms with E-state index in [1.54, 1.807) is 0 Å². The molecule has 0 unspecified atom stereocenters. The molecule has 0 amide bonds. The summed E-state index contributed by atoms with van der Waals surface area (Å²) < 4.78 is 26.9. The van der Waals surface area contributed by atoms with Crippen molar-refractivity contribution >= 4 is 17.7 Å². The van der Waals surface area contributed by atoms with Gasteiger partial charge in [0.2, 0.25) is 0 Å². The standard InChI is InChI=1S/C29H32F2N2O.C2H2O4/c30-26-12-8-24(9-13-26)29(25-10-14-27(31)15-11-25)7-4-19-33-20-16-28(17-21-33)32-34-22-18-23-5-2-1-3-6-23;3-1(4)2(5)6/h1-3,5-6,8-15,29H,4,7,16-22H2;(H,3,4)(H,5,6). The number of benzene rings is 3. The van der Waals surface area contributed by atoms with Gasteiger partial charge in [-0.3, -0.25) is 0 Å². The second-order valence-corrected chi connectivity index (χ2v) is 9.48. The Balaban J connectivity index is 0.000000663. The molecule has 1 aliphatic heterocycles. The van der Waals surface area contributed by atoms with Crippen molar-refractivity contribution in [3.05, 3.63) is 107 Å². The molecule has 3 aromatic rings. The van der Waals surface area contributed by atoms with Gasteiger partial charge in [0, 0.05) is 38.3 Å². The highest BCUT2D eigenvalue weighted by Gasteiger charge is 2.18. The van der Waals surface area contributed by atoms with Crippen molar-refractivity contribution in [1.29, 1.82) is 0 Å². The van der Waals surface area contributed by atoms with Gasteiger partial charge in [-0.1, -0.05) is 59.8 Å². The van der Waals surface area contributed by atoms with Gasteiger partial charge in [-0.15, -0.1) is 0 Å². The van der Waals surface area contributed by atoms with Gasteiger partial charge in [0.05, 0.1) is 5.71 Å². The summed E-state index contributed by atoms with van der Waals surface area (Å²) >= 11 is 0. The van der Waals surface area contributed by atoms with Crippen LogP contribution in [-0.2, 0) is 20.8 Å². The Morgan fingerprint density at radius 2 is 1.35 bits per heavy atom. The van der Waals surface area contributed by atoms with E-state index in [0.29, 0.717) is 6.61 Å². The molecule has 2 N–H and O–H groups in total. The summed E-state index contributed by atoms with van der Waals surface area (Å²) in [6.45, 7) is 3.57. The van der Waals surface area contributed by atoms with E-state index in [2.05, 4.69) is 22.2 Å². The monoisotopic (exact) mass is 552 g/mol. The molecule has 40 heavy (non-hydrogen) atoms. The van der Waals surface area contributed by atoms with Crippen LogP contribution in [-0.4, -0.2) is 59.0 Å². The van der Waals surface area contributed by atoms with Crippen LogP contribution in [0.3, 0.4) is 0 Å². The maximum Gasteiger partial charge on any atom is 0.414 e.